The molecule has 0 aromatic rings. The summed E-state index contributed by atoms with van der Waals surface area (Å²) in [6.07, 6.45) is 22.5. The first-order valence-electron chi connectivity index (χ1n) is 16.7. The Morgan fingerprint density at radius 2 is 1.82 bits per heavy atom. The summed E-state index contributed by atoms with van der Waals surface area (Å²) < 4.78 is 11.5. The summed E-state index contributed by atoms with van der Waals surface area (Å²) in [4.78, 5) is 12.5. The highest BCUT2D eigenvalue weighted by atomic mass is 16.7. The molecule has 0 unspecified atom stereocenters. The van der Waals surface area contributed by atoms with E-state index in [-0.39, 0.29) is 6.10 Å². The van der Waals surface area contributed by atoms with Gasteiger partial charge in [0.25, 0.3) is 0 Å². The van der Waals surface area contributed by atoms with E-state index in [2.05, 4.69) is 47.6 Å². The zero-order valence-corrected chi connectivity index (χ0v) is 25.9. The van der Waals surface area contributed by atoms with Gasteiger partial charge >= 0.3 is 6.16 Å². The standard InChI is InChI=1S/C35H60O3/c1-7-9-13-26(8-2)24-37-33(36)38-29-19-21-35(6)28(23-29)15-17-30-31-18-16-27(14-11-10-12-25(3)4)34(31,5)22-20-32(30)35/h15,25-27,29-32H,7-14,16-24H2,1-6H3/t26-,27+,29-,30+,31+,32+,34+,35-/m0/s1. The third-order valence-corrected chi connectivity index (χ3v) is 12.1. The van der Waals surface area contributed by atoms with Crippen molar-refractivity contribution in [2.75, 3.05) is 6.61 Å². The van der Waals surface area contributed by atoms with E-state index in [4.69, 9.17) is 9.47 Å². The lowest BCUT2D eigenvalue weighted by atomic mass is 9.47. The number of ether oxygens (including phenoxy) is 2. The maximum absolute atomic E-state index is 12.5. The second kappa shape index (κ2) is 13.1. The van der Waals surface area contributed by atoms with E-state index in [0.717, 1.165) is 61.7 Å². The van der Waals surface area contributed by atoms with Gasteiger partial charge < -0.3 is 9.47 Å². The summed E-state index contributed by atoms with van der Waals surface area (Å²) >= 11 is 0. The van der Waals surface area contributed by atoms with Gasteiger partial charge in [0.2, 0.25) is 0 Å². The Morgan fingerprint density at radius 3 is 2.55 bits per heavy atom. The van der Waals surface area contributed by atoms with Crippen LogP contribution in [-0.4, -0.2) is 18.9 Å². The van der Waals surface area contributed by atoms with Crippen molar-refractivity contribution >= 4 is 6.16 Å². The average Bonchev–Trinajstić information content (AvgIpc) is 3.23. The molecule has 0 aromatic heterocycles. The van der Waals surface area contributed by atoms with Gasteiger partial charge in [-0.15, -0.1) is 0 Å². The molecule has 0 amide bonds. The van der Waals surface area contributed by atoms with Crippen LogP contribution in [0.2, 0.25) is 0 Å². The molecule has 3 fully saturated rings. The lowest BCUT2D eigenvalue weighted by molar-refractivity contribution is -0.0570. The number of hydrogen-bond donors (Lipinski definition) is 0. The monoisotopic (exact) mass is 528 g/mol. The molecular weight excluding hydrogens is 468 g/mol. The van der Waals surface area contributed by atoms with Crippen molar-refractivity contribution in [3.05, 3.63) is 11.6 Å². The Bertz CT molecular complexity index is 801. The normalized spacial score (nSPS) is 37.1. The van der Waals surface area contributed by atoms with Crippen molar-refractivity contribution in [1.82, 2.24) is 0 Å². The van der Waals surface area contributed by atoms with Gasteiger partial charge in [-0.1, -0.05) is 91.7 Å². The second-order valence-corrected chi connectivity index (χ2v) is 14.7. The van der Waals surface area contributed by atoms with E-state index >= 15 is 0 Å². The molecule has 3 saturated carbocycles. The van der Waals surface area contributed by atoms with E-state index in [9.17, 15) is 4.79 Å². The minimum atomic E-state index is -0.443. The zero-order valence-electron chi connectivity index (χ0n) is 25.9. The highest BCUT2D eigenvalue weighted by Crippen LogP contribution is 2.66. The molecule has 218 valence electrons. The van der Waals surface area contributed by atoms with Crippen LogP contribution >= 0.6 is 0 Å². The third kappa shape index (κ3) is 6.49. The summed E-state index contributed by atoms with van der Waals surface area (Å²) in [6.45, 7) is 14.9. The second-order valence-electron chi connectivity index (χ2n) is 14.7. The predicted octanol–water partition coefficient (Wildman–Crippen LogP) is 10.5. The van der Waals surface area contributed by atoms with Crippen LogP contribution in [0.3, 0.4) is 0 Å². The van der Waals surface area contributed by atoms with Crippen molar-refractivity contribution in [1.29, 1.82) is 0 Å². The first-order chi connectivity index (χ1) is 18.2. The summed E-state index contributed by atoms with van der Waals surface area (Å²) in [6, 6.07) is 0. The number of fused-ring (bicyclic) bond motifs is 5. The quantitative estimate of drug-likeness (QED) is 0.143. The number of carbonyl (C=O) groups is 1. The van der Waals surface area contributed by atoms with E-state index in [1.165, 1.54) is 70.6 Å². The van der Waals surface area contributed by atoms with Gasteiger partial charge in [0, 0.05) is 6.42 Å². The third-order valence-electron chi connectivity index (χ3n) is 12.1. The maximum atomic E-state index is 12.5. The van der Waals surface area contributed by atoms with Gasteiger partial charge in [-0.05, 0) is 104 Å². The molecule has 3 heteroatoms. The van der Waals surface area contributed by atoms with Crippen LogP contribution in [0.1, 0.15) is 144 Å². The van der Waals surface area contributed by atoms with Crippen LogP contribution in [0, 0.1) is 46.3 Å². The summed E-state index contributed by atoms with van der Waals surface area (Å²) in [7, 11) is 0. The molecule has 0 bridgehead atoms. The molecule has 38 heavy (non-hydrogen) atoms. The largest absolute Gasteiger partial charge is 0.508 e. The maximum Gasteiger partial charge on any atom is 0.508 e. The molecule has 4 rings (SSSR count). The minimum Gasteiger partial charge on any atom is -0.434 e. The average molecular weight is 529 g/mol. The van der Waals surface area contributed by atoms with Gasteiger partial charge in [0.1, 0.15) is 6.10 Å². The van der Waals surface area contributed by atoms with Crippen molar-refractivity contribution < 1.29 is 14.3 Å². The molecule has 4 aliphatic rings. The Hall–Kier alpha value is -0.990. The molecule has 0 radical (unpaired) electrons. The van der Waals surface area contributed by atoms with Crippen LogP contribution in [0.5, 0.6) is 0 Å². The van der Waals surface area contributed by atoms with Crippen molar-refractivity contribution in [2.24, 2.45) is 46.3 Å². The fraction of sp³-hybridized carbons (Fsp3) is 0.914. The van der Waals surface area contributed by atoms with Crippen molar-refractivity contribution in [3.63, 3.8) is 0 Å². The smallest absolute Gasteiger partial charge is 0.434 e. The number of unbranched alkanes of at least 4 members (excludes halogenated alkanes) is 2. The number of rotatable bonds is 12. The first kappa shape index (κ1) is 30.0. The Kier molecular flexibility index (Phi) is 10.3. The van der Waals surface area contributed by atoms with Crippen molar-refractivity contribution in [3.8, 4) is 0 Å². The van der Waals surface area contributed by atoms with E-state index in [1.54, 1.807) is 5.57 Å². The molecule has 0 heterocycles. The molecule has 0 N–H and O–H groups in total. The van der Waals surface area contributed by atoms with Crippen LogP contribution in [-0.2, 0) is 9.47 Å². The van der Waals surface area contributed by atoms with Crippen LogP contribution in [0.4, 0.5) is 4.79 Å². The van der Waals surface area contributed by atoms with Gasteiger partial charge in [-0.3, -0.25) is 0 Å². The molecule has 3 nitrogen and oxygen atoms in total. The molecule has 8 atom stereocenters. The molecular formula is C35H60O3. The summed E-state index contributed by atoms with van der Waals surface area (Å²) in [5.41, 5.74) is 2.46. The number of hydrogen-bond acceptors (Lipinski definition) is 3. The predicted molar refractivity (Wildman–Crippen MR) is 158 cm³/mol. The lowest BCUT2D eigenvalue weighted by Crippen LogP contribution is -2.50. The Labute approximate surface area is 235 Å². The number of carbonyl (C=O) groups excluding carboxylic acids is 1. The van der Waals surface area contributed by atoms with Crippen molar-refractivity contribution in [2.45, 2.75) is 150 Å². The highest BCUT2D eigenvalue weighted by Gasteiger charge is 2.58. The molecule has 0 aromatic carbocycles. The Balaban J connectivity index is 1.31. The van der Waals surface area contributed by atoms with Crippen LogP contribution < -0.4 is 0 Å². The van der Waals surface area contributed by atoms with Gasteiger partial charge in [-0.2, -0.15) is 0 Å². The topological polar surface area (TPSA) is 35.5 Å². The first-order valence-corrected chi connectivity index (χ1v) is 16.7. The van der Waals surface area contributed by atoms with Gasteiger partial charge in [-0.25, -0.2) is 4.79 Å². The van der Waals surface area contributed by atoms with E-state index < -0.39 is 6.16 Å². The lowest BCUT2D eigenvalue weighted by Gasteiger charge is -2.58. The van der Waals surface area contributed by atoms with E-state index in [1.807, 2.05) is 0 Å². The fourth-order valence-electron chi connectivity index (χ4n) is 9.51. The summed E-state index contributed by atoms with van der Waals surface area (Å²) in [5, 5.41) is 0. The Morgan fingerprint density at radius 1 is 1.00 bits per heavy atom. The van der Waals surface area contributed by atoms with E-state index in [0.29, 0.717) is 23.4 Å². The molecule has 0 aliphatic heterocycles. The number of allylic oxidation sites excluding steroid dienone is 1. The highest BCUT2D eigenvalue weighted by molar-refractivity contribution is 5.60. The summed E-state index contributed by atoms with van der Waals surface area (Å²) in [5.74, 6) is 4.84. The molecule has 0 saturated heterocycles. The van der Waals surface area contributed by atoms with Gasteiger partial charge in [0.05, 0.1) is 6.61 Å². The van der Waals surface area contributed by atoms with Gasteiger partial charge in [0.15, 0.2) is 0 Å². The fourth-order valence-corrected chi connectivity index (χ4v) is 9.51. The zero-order chi connectivity index (χ0) is 27.3. The SMILES string of the molecule is CCCC[C@H](CC)COC(=O)O[C@H]1CC[C@@]2(C)C(=CC[C@@H]3[C@H]4CC[C@@H](CCCCC(C)C)[C@@]4(C)CC[C@H]32)C1. The minimum absolute atomic E-state index is 0.00958. The molecule has 0 spiro atoms. The van der Waals surface area contributed by atoms with Crippen LogP contribution in [0.15, 0.2) is 11.6 Å². The molecule has 4 aliphatic carbocycles. The van der Waals surface area contributed by atoms with Crippen LogP contribution in [0.25, 0.3) is 0 Å².